The first-order valence-electron chi connectivity index (χ1n) is 14.3. The van der Waals surface area contributed by atoms with Crippen LogP contribution in [0.2, 0.25) is 0 Å². The minimum Gasteiger partial charge on any atom is -0.454 e. The normalized spacial score (nSPS) is 13.3. The first-order valence-corrected chi connectivity index (χ1v) is 14.3. The molecule has 0 saturated carbocycles. The van der Waals surface area contributed by atoms with Gasteiger partial charge >= 0.3 is 0 Å². The first kappa shape index (κ1) is 24.0. The topological polar surface area (TPSA) is 53.7 Å². The predicted octanol–water partition coefficient (Wildman–Crippen LogP) is 7.97. The molecule has 0 unspecified atom stereocenters. The Morgan fingerprint density at radius 2 is 1.23 bits per heavy atom. The van der Waals surface area contributed by atoms with Gasteiger partial charge in [-0.05, 0) is 46.5 Å². The van der Waals surface area contributed by atoms with Gasteiger partial charge in [0.25, 0.3) is 0 Å². The Bertz CT molecular complexity index is 2360. The average Bonchev–Trinajstić information content (AvgIpc) is 3.73. The molecule has 0 atom stereocenters. The van der Waals surface area contributed by atoms with E-state index in [1.165, 1.54) is 32.3 Å². The summed E-state index contributed by atoms with van der Waals surface area (Å²) in [6.07, 6.45) is 4.07. The van der Waals surface area contributed by atoms with E-state index < -0.39 is 0 Å². The molecule has 0 N–H and O–H groups in total. The van der Waals surface area contributed by atoms with Crippen LogP contribution in [0, 0.1) is 0 Å². The average molecular weight is 562 g/mol. The predicted molar refractivity (Wildman–Crippen MR) is 169 cm³/mol. The van der Waals surface area contributed by atoms with Crippen molar-refractivity contribution in [3.8, 4) is 23.0 Å². The van der Waals surface area contributed by atoms with Gasteiger partial charge in [-0.1, -0.05) is 66.7 Å². The van der Waals surface area contributed by atoms with E-state index in [4.69, 9.17) is 18.9 Å². The van der Waals surface area contributed by atoms with E-state index in [2.05, 4.69) is 108 Å². The molecule has 0 fully saturated rings. The summed E-state index contributed by atoms with van der Waals surface area (Å²) in [5, 5.41) is 11.8. The van der Waals surface area contributed by atoms with E-state index in [1.54, 1.807) is 0 Å². The molecule has 0 aliphatic carbocycles. The van der Waals surface area contributed by atoms with Crippen LogP contribution in [0.25, 0.3) is 64.9 Å². The third-order valence-electron chi connectivity index (χ3n) is 8.51. The number of hydrogen-bond acceptors (Lipinski definition) is 5. The van der Waals surface area contributed by atoms with Crippen LogP contribution in [0.3, 0.4) is 0 Å². The summed E-state index contributed by atoms with van der Waals surface area (Å²) in [5.41, 5.74) is 2.24. The van der Waals surface area contributed by atoms with E-state index in [9.17, 15) is 0 Å². The van der Waals surface area contributed by atoms with Gasteiger partial charge < -0.3 is 18.9 Å². The smallest absolute Gasteiger partial charge is 0.231 e. The largest absolute Gasteiger partial charge is 0.454 e. The van der Waals surface area contributed by atoms with Gasteiger partial charge in [-0.3, -0.25) is 4.98 Å². The van der Waals surface area contributed by atoms with Crippen LogP contribution in [0.5, 0.6) is 23.0 Å². The highest BCUT2D eigenvalue weighted by atomic mass is 16.7. The Hall–Kier alpha value is -5.62. The number of ether oxygens (including phenoxy) is 4. The van der Waals surface area contributed by atoms with E-state index >= 15 is 0 Å². The Kier molecular flexibility index (Phi) is 5.14. The minimum absolute atomic E-state index is 0.275. The second-order valence-electron chi connectivity index (χ2n) is 10.9. The van der Waals surface area contributed by atoms with Gasteiger partial charge in [0.15, 0.2) is 29.2 Å². The van der Waals surface area contributed by atoms with Crippen molar-refractivity contribution in [2.45, 2.75) is 0 Å². The van der Waals surface area contributed by atoms with Crippen molar-refractivity contribution in [1.82, 2.24) is 4.98 Å². The minimum atomic E-state index is 0.275. The number of benzene rings is 6. The fourth-order valence-corrected chi connectivity index (χ4v) is 6.51. The summed E-state index contributed by atoms with van der Waals surface area (Å²) in [4.78, 5) is 4.64. The maximum Gasteiger partial charge on any atom is 0.231 e. The van der Waals surface area contributed by atoms with Gasteiger partial charge in [0.05, 0.1) is 21.7 Å². The van der Waals surface area contributed by atoms with Crippen LogP contribution in [0.15, 0.2) is 109 Å². The van der Waals surface area contributed by atoms with Gasteiger partial charge in [-0.15, -0.1) is 0 Å². The number of aryl methyl sites for hydroxylation is 1. The van der Waals surface area contributed by atoms with Crippen molar-refractivity contribution in [2.24, 2.45) is 7.05 Å². The lowest BCUT2D eigenvalue weighted by Gasteiger charge is -2.08. The van der Waals surface area contributed by atoms with Gasteiger partial charge in [0, 0.05) is 27.7 Å². The van der Waals surface area contributed by atoms with E-state index in [1.807, 2.05) is 18.3 Å². The Balaban J connectivity index is 0.000000128. The van der Waals surface area contributed by atoms with Gasteiger partial charge in [-0.25, -0.2) is 0 Å². The van der Waals surface area contributed by atoms with Crippen molar-refractivity contribution >= 4 is 64.9 Å². The van der Waals surface area contributed by atoms with Crippen LogP contribution in [-0.4, -0.2) is 18.6 Å². The zero-order chi connectivity index (χ0) is 28.5. The van der Waals surface area contributed by atoms with Crippen molar-refractivity contribution in [2.75, 3.05) is 13.6 Å². The van der Waals surface area contributed by atoms with E-state index in [0.717, 1.165) is 55.6 Å². The molecule has 6 nitrogen and oxygen atoms in total. The Labute approximate surface area is 246 Å². The number of hydrogen-bond donors (Lipinski definition) is 0. The molecular formula is C37H25N2O4+. The molecule has 8 aromatic rings. The molecule has 2 aliphatic heterocycles. The zero-order valence-corrected chi connectivity index (χ0v) is 23.3. The fourth-order valence-electron chi connectivity index (χ4n) is 6.51. The van der Waals surface area contributed by atoms with Crippen LogP contribution in [0.1, 0.15) is 0 Å². The van der Waals surface area contributed by atoms with Crippen molar-refractivity contribution in [3.05, 3.63) is 109 Å². The number of aromatic nitrogens is 2. The van der Waals surface area contributed by atoms with E-state index in [-0.39, 0.29) is 13.6 Å². The molecule has 0 amide bonds. The summed E-state index contributed by atoms with van der Waals surface area (Å²) in [6, 6.07) is 33.6. The lowest BCUT2D eigenvalue weighted by molar-refractivity contribution is -0.642. The Morgan fingerprint density at radius 3 is 2.14 bits per heavy atom. The third-order valence-corrected chi connectivity index (χ3v) is 8.51. The highest BCUT2D eigenvalue weighted by molar-refractivity contribution is 6.16. The quantitative estimate of drug-likeness (QED) is 0.139. The van der Waals surface area contributed by atoms with Crippen LogP contribution >= 0.6 is 0 Å². The summed E-state index contributed by atoms with van der Waals surface area (Å²) in [6.45, 7) is 0.555. The highest BCUT2D eigenvalue weighted by Crippen LogP contribution is 2.43. The second kappa shape index (κ2) is 9.19. The van der Waals surface area contributed by atoms with Crippen molar-refractivity contribution in [1.29, 1.82) is 0 Å². The maximum absolute atomic E-state index is 5.69. The molecule has 6 heteroatoms. The molecule has 0 saturated heterocycles. The lowest BCUT2D eigenvalue weighted by atomic mass is 10.00. The number of nitrogens with zero attached hydrogens (tertiary/aromatic N) is 2. The molecule has 206 valence electrons. The van der Waals surface area contributed by atoms with Crippen molar-refractivity contribution in [3.63, 3.8) is 0 Å². The number of fused-ring (bicyclic) bond motifs is 13. The molecule has 4 heterocycles. The third kappa shape index (κ3) is 3.66. The molecule has 0 spiro atoms. The van der Waals surface area contributed by atoms with Crippen molar-refractivity contribution < 1.29 is 23.5 Å². The van der Waals surface area contributed by atoms with Crippen LogP contribution in [0.4, 0.5) is 0 Å². The SMILES string of the molecule is C[n+]1cc2c3c(ccc2c2ccc4cc5c(cc4c21)OCO5)OCO3.c1ccc2c(c1)cnc1c3ccccc3ccc21. The zero-order valence-electron chi connectivity index (χ0n) is 23.3. The molecule has 0 radical (unpaired) electrons. The van der Waals surface area contributed by atoms with Gasteiger partial charge in [-0.2, -0.15) is 4.57 Å². The maximum atomic E-state index is 5.69. The standard InChI is InChI=1S/C20H14NO4.C17H11N/c1-21-8-15-12(4-5-16-20(15)25-10-22-16)13-3-2-11-6-17-18(24-9-23-17)7-14(11)19(13)21;1-4-8-15-12(5-1)9-10-16-14-7-3-2-6-13(14)11-18-17(15)16/h2-8H,9-10H2,1H3;1-11H/q+1;. The molecule has 0 bridgehead atoms. The van der Waals surface area contributed by atoms with Gasteiger partial charge in [0.2, 0.25) is 19.1 Å². The molecule has 6 aromatic carbocycles. The summed E-state index contributed by atoms with van der Waals surface area (Å²) < 4.78 is 24.4. The summed E-state index contributed by atoms with van der Waals surface area (Å²) >= 11 is 0. The molecular weight excluding hydrogens is 536 g/mol. The molecule has 2 aliphatic rings. The number of rotatable bonds is 0. The summed E-state index contributed by atoms with van der Waals surface area (Å²) in [7, 11) is 2.06. The molecule has 43 heavy (non-hydrogen) atoms. The first-order chi connectivity index (χ1) is 21.2. The number of pyridine rings is 2. The van der Waals surface area contributed by atoms with Crippen LogP contribution < -0.4 is 23.5 Å². The molecule has 10 rings (SSSR count). The van der Waals surface area contributed by atoms with Crippen LogP contribution in [-0.2, 0) is 7.05 Å². The van der Waals surface area contributed by atoms with E-state index in [0.29, 0.717) is 0 Å². The highest BCUT2D eigenvalue weighted by Gasteiger charge is 2.24. The monoisotopic (exact) mass is 561 g/mol. The molecule has 2 aromatic heterocycles. The van der Waals surface area contributed by atoms with Gasteiger partial charge in [0.1, 0.15) is 7.05 Å². The Morgan fingerprint density at radius 1 is 0.535 bits per heavy atom. The fraction of sp³-hybridized carbons (Fsp3) is 0.0811. The lowest BCUT2D eigenvalue weighted by Crippen LogP contribution is -2.28. The summed E-state index contributed by atoms with van der Waals surface area (Å²) in [5.74, 6) is 3.22. The second-order valence-corrected chi connectivity index (χ2v) is 10.9.